The van der Waals surface area contributed by atoms with Crippen molar-refractivity contribution >= 4 is 29.5 Å². The Kier molecular flexibility index (Phi) is 6.31. The van der Waals surface area contributed by atoms with Crippen LogP contribution in [0.3, 0.4) is 0 Å². The van der Waals surface area contributed by atoms with Crippen LogP contribution in [0.4, 0.5) is 11.4 Å². The average Bonchev–Trinajstić information content (AvgIpc) is 2.23. The van der Waals surface area contributed by atoms with Crippen LogP contribution in [0.15, 0.2) is 28.2 Å². The Bertz CT molecular complexity index is 495. The van der Waals surface area contributed by atoms with Gasteiger partial charge in [0.05, 0.1) is 11.4 Å². The second-order valence-electron chi connectivity index (χ2n) is 2.83. The number of carbonyl (C=O) groups excluding carboxylic acids is 2. The van der Waals surface area contributed by atoms with Gasteiger partial charge in [0, 0.05) is 0 Å². The molecule has 17 heavy (non-hydrogen) atoms. The SMILES string of the molecule is Cc1ccc(N=C=O)cc1N=C=O.N=C(N)N. The van der Waals surface area contributed by atoms with Crippen molar-refractivity contribution in [3.05, 3.63) is 23.8 Å². The van der Waals surface area contributed by atoms with Crippen molar-refractivity contribution < 1.29 is 9.59 Å². The molecular formula is C10H11N5O2. The first-order valence-electron chi connectivity index (χ1n) is 4.37. The van der Waals surface area contributed by atoms with Crippen LogP contribution in [-0.2, 0) is 9.59 Å². The highest BCUT2D eigenvalue weighted by Gasteiger charge is 1.97. The molecule has 0 unspecified atom stereocenters. The van der Waals surface area contributed by atoms with Crippen LogP contribution < -0.4 is 11.5 Å². The molecule has 0 amide bonds. The monoisotopic (exact) mass is 233 g/mol. The molecule has 1 aromatic carbocycles. The minimum atomic E-state index is -0.333. The molecule has 0 saturated carbocycles. The zero-order valence-electron chi connectivity index (χ0n) is 9.10. The van der Waals surface area contributed by atoms with Gasteiger partial charge in [-0.05, 0) is 24.6 Å². The van der Waals surface area contributed by atoms with Crippen molar-refractivity contribution in [2.75, 3.05) is 0 Å². The predicted octanol–water partition coefficient (Wildman–Crippen LogP) is 0.768. The van der Waals surface area contributed by atoms with Gasteiger partial charge in [-0.15, -0.1) is 0 Å². The van der Waals surface area contributed by atoms with E-state index in [1.165, 1.54) is 18.2 Å². The number of nitrogens with zero attached hydrogens (tertiary/aromatic N) is 2. The molecular weight excluding hydrogens is 222 g/mol. The number of isocyanates is 2. The van der Waals surface area contributed by atoms with Gasteiger partial charge in [-0.1, -0.05) is 6.07 Å². The van der Waals surface area contributed by atoms with E-state index in [0.29, 0.717) is 11.4 Å². The molecule has 5 N–H and O–H groups in total. The first kappa shape index (κ1) is 14.2. The van der Waals surface area contributed by atoms with E-state index in [1.807, 2.05) is 0 Å². The van der Waals surface area contributed by atoms with Crippen LogP contribution in [-0.4, -0.2) is 18.1 Å². The van der Waals surface area contributed by atoms with Gasteiger partial charge in [0.2, 0.25) is 12.2 Å². The molecule has 0 aliphatic heterocycles. The van der Waals surface area contributed by atoms with Crippen LogP contribution in [0.2, 0.25) is 0 Å². The maximum atomic E-state index is 10.00. The van der Waals surface area contributed by atoms with Gasteiger partial charge in [0.15, 0.2) is 5.96 Å². The largest absolute Gasteiger partial charge is 0.370 e. The van der Waals surface area contributed by atoms with Gasteiger partial charge in [0.1, 0.15) is 0 Å². The maximum absolute atomic E-state index is 10.00. The molecule has 88 valence electrons. The molecule has 0 aliphatic carbocycles. The van der Waals surface area contributed by atoms with E-state index < -0.39 is 0 Å². The average molecular weight is 233 g/mol. The molecule has 7 heteroatoms. The quantitative estimate of drug-likeness (QED) is 0.395. The van der Waals surface area contributed by atoms with E-state index in [-0.39, 0.29) is 5.96 Å². The lowest BCUT2D eigenvalue weighted by atomic mass is 10.2. The molecule has 1 aromatic rings. The molecule has 0 aliphatic rings. The van der Waals surface area contributed by atoms with E-state index in [4.69, 9.17) is 5.41 Å². The lowest BCUT2D eigenvalue weighted by Crippen LogP contribution is -2.20. The Hall–Kier alpha value is -2.75. The molecule has 0 atom stereocenters. The fourth-order valence-corrected chi connectivity index (χ4v) is 0.890. The molecule has 0 heterocycles. The maximum Gasteiger partial charge on any atom is 0.240 e. The third-order valence-corrected chi connectivity index (χ3v) is 1.53. The summed E-state index contributed by atoms with van der Waals surface area (Å²) in [5, 5.41) is 6.06. The standard InChI is InChI=1S/C9H6N2O2.CH5N3/c1-7-2-3-8(10-5-12)4-9(7)11-6-13;2-1(3)4/h2-4H,1H3;(H5,2,3,4). The Balaban J connectivity index is 0.000000557. The van der Waals surface area contributed by atoms with Crippen LogP contribution in [0.25, 0.3) is 0 Å². The number of benzene rings is 1. The van der Waals surface area contributed by atoms with E-state index >= 15 is 0 Å². The number of nitrogens with two attached hydrogens (primary N) is 2. The van der Waals surface area contributed by atoms with Crippen molar-refractivity contribution in [2.24, 2.45) is 21.5 Å². The third-order valence-electron chi connectivity index (χ3n) is 1.53. The summed E-state index contributed by atoms with van der Waals surface area (Å²) < 4.78 is 0. The van der Waals surface area contributed by atoms with Crippen molar-refractivity contribution in [3.8, 4) is 0 Å². The molecule has 0 spiro atoms. The highest BCUT2D eigenvalue weighted by Crippen LogP contribution is 2.23. The Labute approximate surface area is 97.4 Å². The van der Waals surface area contributed by atoms with Gasteiger partial charge in [0.25, 0.3) is 0 Å². The summed E-state index contributed by atoms with van der Waals surface area (Å²) in [4.78, 5) is 26.8. The van der Waals surface area contributed by atoms with Gasteiger partial charge in [-0.2, -0.15) is 9.98 Å². The van der Waals surface area contributed by atoms with E-state index in [9.17, 15) is 9.59 Å². The third kappa shape index (κ3) is 6.35. The Morgan fingerprint density at radius 1 is 1.24 bits per heavy atom. The molecule has 0 aromatic heterocycles. The minimum Gasteiger partial charge on any atom is -0.370 e. The van der Waals surface area contributed by atoms with Gasteiger partial charge in [-0.3, -0.25) is 5.41 Å². The molecule has 0 fully saturated rings. The van der Waals surface area contributed by atoms with E-state index in [1.54, 1.807) is 19.1 Å². The van der Waals surface area contributed by atoms with Crippen molar-refractivity contribution in [1.82, 2.24) is 0 Å². The van der Waals surface area contributed by atoms with Gasteiger partial charge >= 0.3 is 0 Å². The topological polar surface area (TPSA) is 135 Å². The molecule has 0 bridgehead atoms. The molecule has 0 radical (unpaired) electrons. The summed E-state index contributed by atoms with van der Waals surface area (Å²) in [6.07, 6.45) is 2.84. The Morgan fingerprint density at radius 3 is 2.24 bits per heavy atom. The smallest absolute Gasteiger partial charge is 0.240 e. The van der Waals surface area contributed by atoms with Crippen molar-refractivity contribution in [3.63, 3.8) is 0 Å². The highest BCUT2D eigenvalue weighted by atomic mass is 16.1. The molecule has 7 nitrogen and oxygen atoms in total. The van der Waals surface area contributed by atoms with Crippen LogP contribution in [0, 0.1) is 12.3 Å². The number of rotatable bonds is 2. The minimum absolute atomic E-state index is 0.333. The second kappa shape index (κ2) is 7.53. The number of nitrogens with one attached hydrogen (secondary N) is 1. The second-order valence-corrected chi connectivity index (χ2v) is 2.83. The summed E-state index contributed by atoms with van der Waals surface area (Å²) in [7, 11) is 0. The van der Waals surface area contributed by atoms with Crippen molar-refractivity contribution in [2.45, 2.75) is 6.92 Å². The zero-order valence-corrected chi connectivity index (χ0v) is 9.10. The Morgan fingerprint density at radius 2 is 1.76 bits per heavy atom. The van der Waals surface area contributed by atoms with Gasteiger partial charge in [-0.25, -0.2) is 9.59 Å². The van der Waals surface area contributed by atoms with E-state index in [2.05, 4.69) is 21.5 Å². The normalized spacial score (nSPS) is 7.82. The van der Waals surface area contributed by atoms with Crippen LogP contribution in [0.5, 0.6) is 0 Å². The number of guanidine groups is 1. The fourth-order valence-electron chi connectivity index (χ4n) is 0.890. The number of aryl methyl sites for hydroxylation is 1. The predicted molar refractivity (Wildman–Crippen MR) is 62.8 cm³/mol. The zero-order chi connectivity index (χ0) is 13.3. The van der Waals surface area contributed by atoms with Crippen LogP contribution >= 0.6 is 0 Å². The van der Waals surface area contributed by atoms with Crippen molar-refractivity contribution in [1.29, 1.82) is 5.41 Å². The van der Waals surface area contributed by atoms with Gasteiger partial charge < -0.3 is 11.5 Å². The number of aliphatic imine (C=N–C) groups is 2. The lowest BCUT2D eigenvalue weighted by molar-refractivity contribution is 0.565. The fraction of sp³-hybridized carbons (Fsp3) is 0.100. The molecule has 1 rings (SSSR count). The molecule has 0 saturated heterocycles. The number of hydrogen-bond donors (Lipinski definition) is 3. The first-order chi connectivity index (χ1) is 8.01. The highest BCUT2D eigenvalue weighted by molar-refractivity contribution is 5.71. The summed E-state index contributed by atoms with van der Waals surface area (Å²) in [5.74, 6) is -0.333. The summed E-state index contributed by atoms with van der Waals surface area (Å²) in [6.45, 7) is 1.80. The lowest BCUT2D eigenvalue weighted by Gasteiger charge is -1.97. The summed E-state index contributed by atoms with van der Waals surface area (Å²) in [5.41, 5.74) is 10.7. The van der Waals surface area contributed by atoms with Crippen LogP contribution in [0.1, 0.15) is 5.56 Å². The first-order valence-corrected chi connectivity index (χ1v) is 4.37. The number of hydrogen-bond acceptors (Lipinski definition) is 5. The summed E-state index contributed by atoms with van der Waals surface area (Å²) >= 11 is 0. The van der Waals surface area contributed by atoms with E-state index in [0.717, 1.165) is 5.56 Å². The summed E-state index contributed by atoms with van der Waals surface area (Å²) in [6, 6.07) is 4.88.